The predicted octanol–water partition coefficient (Wildman–Crippen LogP) is 2.88. The molecule has 6 heteroatoms. The number of amides is 2. The Morgan fingerprint density at radius 1 is 1.10 bits per heavy atom. The Morgan fingerprint density at radius 2 is 1.97 bits per heavy atom. The first kappa shape index (κ1) is 20.0. The van der Waals surface area contributed by atoms with Gasteiger partial charge in [-0.2, -0.15) is 0 Å². The van der Waals surface area contributed by atoms with Crippen molar-refractivity contribution in [3.05, 3.63) is 36.0 Å². The number of hydrogen-bond donors (Lipinski definition) is 1. The summed E-state index contributed by atoms with van der Waals surface area (Å²) in [5.41, 5.74) is 7.85. The van der Waals surface area contributed by atoms with Gasteiger partial charge in [0.05, 0.1) is 0 Å². The van der Waals surface area contributed by atoms with Crippen molar-refractivity contribution < 1.29 is 9.59 Å². The van der Waals surface area contributed by atoms with Crippen molar-refractivity contribution in [2.45, 2.75) is 64.1 Å². The highest BCUT2D eigenvalue weighted by Crippen LogP contribution is 2.27. The van der Waals surface area contributed by atoms with Gasteiger partial charge in [0.1, 0.15) is 0 Å². The second-order valence-electron chi connectivity index (χ2n) is 8.47. The van der Waals surface area contributed by atoms with Gasteiger partial charge < -0.3 is 15.2 Å². The van der Waals surface area contributed by atoms with Gasteiger partial charge in [-0.05, 0) is 43.9 Å². The Labute approximate surface area is 172 Å². The predicted molar refractivity (Wildman–Crippen MR) is 114 cm³/mol. The van der Waals surface area contributed by atoms with Crippen molar-refractivity contribution in [2.24, 2.45) is 5.73 Å². The number of benzene rings is 1. The highest BCUT2D eigenvalue weighted by atomic mass is 16.2. The lowest BCUT2D eigenvalue weighted by Crippen LogP contribution is -2.41. The average Bonchev–Trinajstić information content (AvgIpc) is 3.29. The maximum Gasteiger partial charge on any atom is 0.222 e. The van der Waals surface area contributed by atoms with E-state index >= 15 is 0 Å². The highest BCUT2D eigenvalue weighted by Gasteiger charge is 2.26. The number of likely N-dealkylation sites (tertiary alicyclic amines) is 2. The SMILES string of the molecule is NC(=O)CCn1cc(CN2CCCC[C@H]2CCN2CCCC2=O)c2ccccc21. The summed E-state index contributed by atoms with van der Waals surface area (Å²) in [7, 11) is 0. The van der Waals surface area contributed by atoms with Gasteiger partial charge in [0, 0.05) is 62.2 Å². The number of primary amides is 1. The first-order chi connectivity index (χ1) is 14.1. The van der Waals surface area contributed by atoms with E-state index in [2.05, 4.69) is 33.9 Å². The number of aryl methyl sites for hydroxylation is 1. The number of para-hydroxylation sites is 1. The van der Waals surface area contributed by atoms with Crippen LogP contribution in [-0.2, 0) is 22.7 Å². The standard InChI is InChI=1S/C23H32N4O2/c24-22(28)11-15-27-17-18(20-7-1-2-8-21(20)27)16-26-12-4-3-6-19(26)10-14-25-13-5-9-23(25)29/h1-2,7-8,17,19H,3-6,9-16H2,(H2,24,28)/t19-/m0/s1. The number of piperidine rings is 1. The molecule has 0 aliphatic carbocycles. The quantitative estimate of drug-likeness (QED) is 0.746. The fourth-order valence-corrected chi connectivity index (χ4v) is 4.92. The molecule has 2 N–H and O–H groups in total. The third kappa shape index (κ3) is 4.64. The lowest BCUT2D eigenvalue weighted by atomic mass is 9.98. The zero-order chi connectivity index (χ0) is 20.2. The van der Waals surface area contributed by atoms with Crippen molar-refractivity contribution in [3.63, 3.8) is 0 Å². The molecule has 0 radical (unpaired) electrons. The van der Waals surface area contributed by atoms with Crippen LogP contribution in [0.1, 0.15) is 50.5 Å². The number of aromatic nitrogens is 1. The Morgan fingerprint density at radius 3 is 2.76 bits per heavy atom. The molecule has 2 aromatic rings. The first-order valence-corrected chi connectivity index (χ1v) is 11.0. The molecule has 1 aromatic heterocycles. The van der Waals surface area contributed by atoms with E-state index in [-0.39, 0.29) is 5.91 Å². The van der Waals surface area contributed by atoms with Crippen LogP contribution in [0.4, 0.5) is 0 Å². The summed E-state index contributed by atoms with van der Waals surface area (Å²) in [6, 6.07) is 8.95. The van der Waals surface area contributed by atoms with Gasteiger partial charge in [0.25, 0.3) is 0 Å². The fourth-order valence-electron chi connectivity index (χ4n) is 4.92. The van der Waals surface area contributed by atoms with Gasteiger partial charge in [-0.1, -0.05) is 24.6 Å². The molecule has 4 rings (SSSR count). The molecule has 2 amide bonds. The molecule has 2 saturated heterocycles. The second-order valence-corrected chi connectivity index (χ2v) is 8.47. The van der Waals surface area contributed by atoms with E-state index in [0.29, 0.717) is 24.9 Å². The van der Waals surface area contributed by atoms with Crippen molar-refractivity contribution in [2.75, 3.05) is 19.6 Å². The summed E-state index contributed by atoms with van der Waals surface area (Å²) in [6.07, 6.45) is 9.07. The average molecular weight is 397 g/mol. The van der Waals surface area contributed by atoms with Gasteiger partial charge in [-0.15, -0.1) is 0 Å². The Hall–Kier alpha value is -2.34. The Bertz CT molecular complexity index is 875. The van der Waals surface area contributed by atoms with E-state index < -0.39 is 0 Å². The molecule has 2 aliphatic heterocycles. The van der Waals surface area contributed by atoms with Gasteiger partial charge in [-0.3, -0.25) is 14.5 Å². The summed E-state index contributed by atoms with van der Waals surface area (Å²) >= 11 is 0. The molecule has 6 nitrogen and oxygen atoms in total. The highest BCUT2D eigenvalue weighted by molar-refractivity contribution is 5.84. The molecular formula is C23H32N4O2. The minimum absolute atomic E-state index is 0.267. The molecule has 1 atom stereocenters. The third-order valence-electron chi connectivity index (χ3n) is 6.50. The van der Waals surface area contributed by atoms with Gasteiger partial charge in [-0.25, -0.2) is 0 Å². The van der Waals surface area contributed by atoms with Crippen molar-refractivity contribution >= 4 is 22.7 Å². The van der Waals surface area contributed by atoms with Crippen LogP contribution in [0.25, 0.3) is 10.9 Å². The van der Waals surface area contributed by atoms with E-state index in [9.17, 15) is 9.59 Å². The Balaban J connectivity index is 1.48. The summed E-state index contributed by atoms with van der Waals surface area (Å²) in [4.78, 5) is 27.9. The summed E-state index contributed by atoms with van der Waals surface area (Å²) < 4.78 is 2.16. The topological polar surface area (TPSA) is 71.6 Å². The number of carbonyl (C=O) groups excluding carboxylic acids is 2. The Kier molecular flexibility index (Phi) is 6.19. The number of rotatable bonds is 8. The van der Waals surface area contributed by atoms with Crippen LogP contribution in [0.3, 0.4) is 0 Å². The minimum atomic E-state index is -0.267. The number of fused-ring (bicyclic) bond motifs is 1. The number of hydrogen-bond acceptors (Lipinski definition) is 3. The molecule has 3 heterocycles. The van der Waals surface area contributed by atoms with Crippen LogP contribution in [0.2, 0.25) is 0 Å². The van der Waals surface area contributed by atoms with Gasteiger partial charge in [0.15, 0.2) is 0 Å². The molecular weight excluding hydrogens is 364 g/mol. The second kappa shape index (κ2) is 8.99. The van der Waals surface area contributed by atoms with Crippen LogP contribution < -0.4 is 5.73 Å². The van der Waals surface area contributed by atoms with Crippen molar-refractivity contribution in [1.82, 2.24) is 14.4 Å². The van der Waals surface area contributed by atoms with E-state index in [0.717, 1.165) is 45.4 Å². The van der Waals surface area contributed by atoms with E-state index in [1.807, 2.05) is 11.0 Å². The molecule has 156 valence electrons. The van der Waals surface area contributed by atoms with Crippen LogP contribution in [-0.4, -0.2) is 51.9 Å². The van der Waals surface area contributed by atoms with Crippen LogP contribution in [0, 0.1) is 0 Å². The molecule has 1 aromatic carbocycles. The third-order valence-corrected chi connectivity index (χ3v) is 6.50. The molecule has 2 aliphatic rings. The first-order valence-electron chi connectivity index (χ1n) is 11.0. The van der Waals surface area contributed by atoms with Crippen LogP contribution in [0.15, 0.2) is 30.5 Å². The molecule has 0 spiro atoms. The maximum atomic E-state index is 12.0. The zero-order valence-corrected chi connectivity index (χ0v) is 17.2. The van der Waals surface area contributed by atoms with Crippen molar-refractivity contribution in [3.8, 4) is 0 Å². The van der Waals surface area contributed by atoms with Crippen molar-refractivity contribution in [1.29, 1.82) is 0 Å². The minimum Gasteiger partial charge on any atom is -0.370 e. The normalized spacial score (nSPS) is 20.6. The van der Waals surface area contributed by atoms with Crippen LogP contribution in [0.5, 0.6) is 0 Å². The van der Waals surface area contributed by atoms with E-state index in [1.54, 1.807) is 0 Å². The smallest absolute Gasteiger partial charge is 0.222 e. The fraction of sp³-hybridized carbons (Fsp3) is 0.565. The van der Waals surface area contributed by atoms with E-state index in [1.165, 1.54) is 35.7 Å². The van der Waals surface area contributed by atoms with Gasteiger partial charge >= 0.3 is 0 Å². The molecule has 0 bridgehead atoms. The summed E-state index contributed by atoms with van der Waals surface area (Å²) in [6.45, 7) is 4.47. The van der Waals surface area contributed by atoms with E-state index in [4.69, 9.17) is 5.73 Å². The molecule has 2 fully saturated rings. The lowest BCUT2D eigenvalue weighted by molar-refractivity contribution is -0.128. The van der Waals surface area contributed by atoms with Crippen LogP contribution >= 0.6 is 0 Å². The summed E-state index contributed by atoms with van der Waals surface area (Å²) in [5.74, 6) is 0.0572. The lowest BCUT2D eigenvalue weighted by Gasteiger charge is -2.36. The number of nitrogens with two attached hydrogens (primary N) is 1. The largest absolute Gasteiger partial charge is 0.370 e. The molecule has 0 unspecified atom stereocenters. The van der Waals surface area contributed by atoms with Gasteiger partial charge in [0.2, 0.25) is 11.8 Å². The summed E-state index contributed by atoms with van der Waals surface area (Å²) in [5, 5.41) is 1.26. The monoisotopic (exact) mass is 396 g/mol. The molecule has 29 heavy (non-hydrogen) atoms. The maximum absolute atomic E-state index is 12.0. The zero-order valence-electron chi connectivity index (χ0n) is 17.2. The number of carbonyl (C=O) groups is 2. The number of nitrogens with zero attached hydrogens (tertiary/aromatic N) is 3. The molecule has 0 saturated carbocycles.